The lowest BCUT2D eigenvalue weighted by molar-refractivity contribution is 0.255. The SMILES string of the molecule is C[C@H]1CC[C@H](c2ccc3ccc(C4CCN(C)CC4)cc3c2)NC1. The standard InChI is InChI=1S/C22H30N2/c1-16-3-8-22(23-15-16)20-7-5-17-4-6-19(13-21(17)14-20)18-9-11-24(2)12-10-18/h4-7,13-14,16,18,22-23H,3,8-12,15H2,1-2H3/t16-,22+/m0/s1. The normalized spacial score (nSPS) is 26.8. The van der Waals surface area contributed by atoms with Gasteiger partial charge < -0.3 is 10.2 Å². The molecule has 2 fully saturated rings. The van der Waals surface area contributed by atoms with Crippen LogP contribution in [0.25, 0.3) is 10.8 Å². The molecule has 0 aromatic heterocycles. The first-order valence-corrected chi connectivity index (χ1v) is 9.64. The van der Waals surface area contributed by atoms with E-state index in [0.29, 0.717) is 6.04 Å². The van der Waals surface area contributed by atoms with Gasteiger partial charge >= 0.3 is 0 Å². The molecule has 2 saturated heterocycles. The number of hydrogen-bond acceptors (Lipinski definition) is 2. The van der Waals surface area contributed by atoms with Crippen LogP contribution in [0.4, 0.5) is 0 Å². The smallest absolute Gasteiger partial charge is 0.0320 e. The molecule has 4 rings (SSSR count). The zero-order valence-electron chi connectivity index (χ0n) is 15.1. The summed E-state index contributed by atoms with van der Waals surface area (Å²) in [6.45, 7) is 5.95. The number of benzene rings is 2. The predicted octanol–water partition coefficient (Wildman–Crippen LogP) is 4.71. The molecule has 2 aromatic rings. The first kappa shape index (κ1) is 16.1. The van der Waals surface area contributed by atoms with Gasteiger partial charge in [0, 0.05) is 6.04 Å². The van der Waals surface area contributed by atoms with Crippen molar-refractivity contribution in [3.63, 3.8) is 0 Å². The van der Waals surface area contributed by atoms with Gasteiger partial charge in [-0.1, -0.05) is 37.3 Å². The molecule has 2 heteroatoms. The fraction of sp³-hybridized carbons (Fsp3) is 0.545. The highest BCUT2D eigenvalue weighted by Crippen LogP contribution is 2.32. The van der Waals surface area contributed by atoms with Crippen LogP contribution < -0.4 is 5.32 Å². The highest BCUT2D eigenvalue weighted by atomic mass is 15.1. The molecule has 0 unspecified atom stereocenters. The summed E-state index contributed by atoms with van der Waals surface area (Å²) < 4.78 is 0. The molecule has 0 amide bonds. The zero-order chi connectivity index (χ0) is 16.5. The van der Waals surface area contributed by atoms with Gasteiger partial charge in [-0.2, -0.15) is 0 Å². The zero-order valence-corrected chi connectivity index (χ0v) is 15.1. The Bertz CT molecular complexity index is 635. The maximum absolute atomic E-state index is 3.73. The third kappa shape index (κ3) is 3.36. The van der Waals surface area contributed by atoms with Crippen LogP contribution in [0.1, 0.15) is 55.7 Å². The highest BCUT2D eigenvalue weighted by molar-refractivity contribution is 5.84. The van der Waals surface area contributed by atoms with Gasteiger partial charge in [0.15, 0.2) is 0 Å². The highest BCUT2D eigenvalue weighted by Gasteiger charge is 2.20. The van der Waals surface area contributed by atoms with E-state index in [1.165, 1.54) is 60.7 Å². The predicted molar refractivity (Wildman–Crippen MR) is 103 cm³/mol. The first-order valence-electron chi connectivity index (χ1n) is 9.64. The Hall–Kier alpha value is -1.38. The molecule has 0 saturated carbocycles. The second-order valence-corrected chi connectivity index (χ2v) is 8.09. The summed E-state index contributed by atoms with van der Waals surface area (Å²) in [6.07, 6.45) is 5.19. The lowest BCUT2D eigenvalue weighted by Gasteiger charge is -2.29. The van der Waals surface area contributed by atoms with Gasteiger partial charge in [-0.3, -0.25) is 0 Å². The number of nitrogens with zero attached hydrogens (tertiary/aromatic N) is 1. The van der Waals surface area contributed by atoms with Crippen molar-refractivity contribution in [1.82, 2.24) is 10.2 Å². The summed E-state index contributed by atoms with van der Waals surface area (Å²) in [5.41, 5.74) is 3.01. The molecule has 0 bridgehead atoms. The summed E-state index contributed by atoms with van der Waals surface area (Å²) in [7, 11) is 2.24. The van der Waals surface area contributed by atoms with Gasteiger partial charge in [-0.15, -0.1) is 0 Å². The maximum Gasteiger partial charge on any atom is 0.0320 e. The summed E-state index contributed by atoms with van der Waals surface area (Å²) in [5, 5.41) is 6.52. The van der Waals surface area contributed by atoms with Crippen LogP contribution >= 0.6 is 0 Å². The average molecular weight is 322 g/mol. The molecule has 2 atom stereocenters. The van der Waals surface area contributed by atoms with Gasteiger partial charge in [0.05, 0.1) is 0 Å². The Morgan fingerprint density at radius 1 is 0.875 bits per heavy atom. The van der Waals surface area contributed by atoms with Gasteiger partial charge in [-0.25, -0.2) is 0 Å². The van der Waals surface area contributed by atoms with Crippen molar-refractivity contribution < 1.29 is 0 Å². The second kappa shape index (κ2) is 6.85. The molecule has 2 aliphatic rings. The molecule has 2 aliphatic heterocycles. The molecular weight excluding hydrogens is 292 g/mol. The Kier molecular flexibility index (Phi) is 4.60. The van der Waals surface area contributed by atoms with Crippen molar-refractivity contribution in [2.75, 3.05) is 26.7 Å². The van der Waals surface area contributed by atoms with Crippen LogP contribution in [0.2, 0.25) is 0 Å². The molecule has 0 spiro atoms. The summed E-state index contributed by atoms with van der Waals surface area (Å²) in [4.78, 5) is 2.45. The minimum absolute atomic E-state index is 0.539. The van der Waals surface area contributed by atoms with E-state index in [4.69, 9.17) is 0 Å². The lowest BCUT2D eigenvalue weighted by atomic mass is 9.87. The summed E-state index contributed by atoms with van der Waals surface area (Å²) in [5.74, 6) is 1.56. The molecule has 1 N–H and O–H groups in total. The van der Waals surface area contributed by atoms with Crippen molar-refractivity contribution in [2.45, 2.75) is 44.6 Å². The molecule has 0 aliphatic carbocycles. The van der Waals surface area contributed by atoms with E-state index < -0.39 is 0 Å². The van der Waals surface area contributed by atoms with Gasteiger partial charge in [0.1, 0.15) is 0 Å². The fourth-order valence-corrected chi connectivity index (χ4v) is 4.38. The van der Waals surface area contributed by atoms with Crippen LogP contribution in [-0.4, -0.2) is 31.6 Å². The molecule has 2 aromatic carbocycles. The average Bonchev–Trinajstić information content (AvgIpc) is 2.62. The van der Waals surface area contributed by atoms with Gasteiger partial charge in [0.25, 0.3) is 0 Å². The molecule has 0 radical (unpaired) electrons. The third-order valence-electron chi connectivity index (χ3n) is 6.14. The van der Waals surface area contributed by atoms with Crippen LogP contribution in [0, 0.1) is 5.92 Å². The first-order chi connectivity index (χ1) is 11.7. The van der Waals surface area contributed by atoms with Crippen LogP contribution in [0.3, 0.4) is 0 Å². The Labute approximate surface area is 146 Å². The topological polar surface area (TPSA) is 15.3 Å². The van der Waals surface area contributed by atoms with Gasteiger partial charge in [-0.05, 0) is 92.2 Å². The Morgan fingerprint density at radius 2 is 1.58 bits per heavy atom. The number of hydrogen-bond donors (Lipinski definition) is 1. The fourth-order valence-electron chi connectivity index (χ4n) is 4.38. The number of fused-ring (bicyclic) bond motifs is 1. The third-order valence-corrected chi connectivity index (χ3v) is 6.14. The van der Waals surface area contributed by atoms with E-state index in [1.54, 1.807) is 0 Å². The monoisotopic (exact) mass is 322 g/mol. The van der Waals surface area contributed by atoms with E-state index in [-0.39, 0.29) is 0 Å². The largest absolute Gasteiger partial charge is 0.310 e. The summed E-state index contributed by atoms with van der Waals surface area (Å²) >= 11 is 0. The van der Waals surface area contributed by atoms with Crippen molar-refractivity contribution in [3.05, 3.63) is 47.5 Å². The summed E-state index contributed by atoms with van der Waals surface area (Å²) in [6, 6.07) is 14.7. The Balaban J connectivity index is 1.58. The minimum Gasteiger partial charge on any atom is -0.310 e. The maximum atomic E-state index is 3.73. The number of rotatable bonds is 2. The van der Waals surface area contributed by atoms with E-state index in [9.17, 15) is 0 Å². The van der Waals surface area contributed by atoms with Crippen molar-refractivity contribution in [1.29, 1.82) is 0 Å². The van der Waals surface area contributed by atoms with E-state index in [2.05, 4.69) is 60.6 Å². The molecule has 2 heterocycles. The molecule has 2 nitrogen and oxygen atoms in total. The van der Waals surface area contributed by atoms with Crippen LogP contribution in [0.15, 0.2) is 36.4 Å². The Morgan fingerprint density at radius 3 is 2.29 bits per heavy atom. The molecule has 128 valence electrons. The van der Waals surface area contributed by atoms with E-state index >= 15 is 0 Å². The number of nitrogens with one attached hydrogen (secondary N) is 1. The van der Waals surface area contributed by atoms with E-state index in [0.717, 1.165) is 18.4 Å². The van der Waals surface area contributed by atoms with Crippen molar-refractivity contribution in [2.24, 2.45) is 5.92 Å². The minimum atomic E-state index is 0.539. The lowest BCUT2D eigenvalue weighted by Crippen LogP contribution is -2.31. The van der Waals surface area contributed by atoms with Crippen molar-refractivity contribution >= 4 is 10.8 Å². The van der Waals surface area contributed by atoms with E-state index in [1.807, 2.05) is 0 Å². The number of likely N-dealkylation sites (tertiary alicyclic amines) is 1. The van der Waals surface area contributed by atoms with Crippen molar-refractivity contribution in [3.8, 4) is 0 Å². The second-order valence-electron chi connectivity index (χ2n) is 8.09. The van der Waals surface area contributed by atoms with Crippen LogP contribution in [-0.2, 0) is 0 Å². The molecule has 24 heavy (non-hydrogen) atoms. The number of piperidine rings is 2. The van der Waals surface area contributed by atoms with Gasteiger partial charge in [0.2, 0.25) is 0 Å². The van der Waals surface area contributed by atoms with Crippen LogP contribution in [0.5, 0.6) is 0 Å². The molecular formula is C22H30N2. The quantitative estimate of drug-likeness (QED) is 0.861.